The maximum Gasteiger partial charge on any atom is 0.308 e. The van der Waals surface area contributed by atoms with Crippen LogP contribution in [0.2, 0.25) is 0 Å². The Morgan fingerprint density at radius 2 is 2.04 bits per heavy atom. The third kappa shape index (κ3) is 5.86. The van der Waals surface area contributed by atoms with Crippen LogP contribution < -0.4 is 10.1 Å². The number of nitrogens with one attached hydrogen (secondary N) is 1. The lowest BCUT2D eigenvalue weighted by Gasteiger charge is -2.27. The van der Waals surface area contributed by atoms with Gasteiger partial charge in [0.25, 0.3) is 5.91 Å². The van der Waals surface area contributed by atoms with Crippen molar-refractivity contribution in [3.63, 3.8) is 0 Å². The predicted molar refractivity (Wildman–Crippen MR) is 89.6 cm³/mol. The van der Waals surface area contributed by atoms with Crippen LogP contribution >= 0.6 is 0 Å². The molecule has 0 spiro atoms. The van der Waals surface area contributed by atoms with Crippen LogP contribution in [0.4, 0.5) is 0 Å². The van der Waals surface area contributed by atoms with Gasteiger partial charge < -0.3 is 19.9 Å². The Bertz CT molecular complexity index is 624. The van der Waals surface area contributed by atoms with Gasteiger partial charge >= 0.3 is 5.97 Å². The van der Waals surface area contributed by atoms with Crippen LogP contribution in [0, 0.1) is 11.8 Å². The molecule has 1 aromatic carbocycles. The summed E-state index contributed by atoms with van der Waals surface area (Å²) in [7, 11) is 0. The molecule has 7 nitrogen and oxygen atoms in total. The molecule has 1 heterocycles. The highest BCUT2D eigenvalue weighted by molar-refractivity contribution is 5.94. The summed E-state index contributed by atoms with van der Waals surface area (Å²) < 4.78 is 10.6. The molecule has 1 amide bonds. The minimum atomic E-state index is -0.915. The van der Waals surface area contributed by atoms with E-state index in [9.17, 15) is 19.5 Å². The largest absolute Gasteiger partial charge is 0.484 e. The summed E-state index contributed by atoms with van der Waals surface area (Å²) in [6.45, 7) is 2.39. The third-order valence-corrected chi connectivity index (χ3v) is 4.28. The van der Waals surface area contributed by atoms with Crippen molar-refractivity contribution in [1.29, 1.82) is 0 Å². The van der Waals surface area contributed by atoms with Crippen molar-refractivity contribution in [2.24, 2.45) is 11.8 Å². The molecule has 1 fully saturated rings. The minimum absolute atomic E-state index is 0.000262. The van der Waals surface area contributed by atoms with E-state index in [0.29, 0.717) is 37.4 Å². The van der Waals surface area contributed by atoms with Crippen LogP contribution in [0.1, 0.15) is 30.1 Å². The standard InChI is InChI=1S/C18H23NO6/c1-12(20)14-3-2-4-15(9-14)25-11-17(21)19-10-16(18(22)23)13-5-7-24-8-6-13/h2-4,9,13,16H,5-8,10-11H2,1H3,(H,19,21)(H,22,23). The number of ether oxygens (including phenoxy) is 2. The van der Waals surface area contributed by atoms with E-state index in [1.54, 1.807) is 24.3 Å². The molecule has 1 atom stereocenters. The molecule has 1 aliphatic heterocycles. The Balaban J connectivity index is 1.81. The Morgan fingerprint density at radius 1 is 1.32 bits per heavy atom. The van der Waals surface area contributed by atoms with E-state index in [0.717, 1.165) is 0 Å². The van der Waals surface area contributed by atoms with Crippen LogP contribution in [0.25, 0.3) is 0 Å². The zero-order valence-electron chi connectivity index (χ0n) is 14.2. The van der Waals surface area contributed by atoms with Crippen LogP contribution in [-0.2, 0) is 14.3 Å². The number of ketones is 1. The second-order valence-electron chi connectivity index (χ2n) is 6.07. The molecule has 136 valence electrons. The number of hydrogen-bond donors (Lipinski definition) is 2. The van der Waals surface area contributed by atoms with Gasteiger partial charge in [-0.3, -0.25) is 14.4 Å². The highest BCUT2D eigenvalue weighted by atomic mass is 16.5. The maximum atomic E-state index is 11.9. The first-order chi connectivity index (χ1) is 12.0. The highest BCUT2D eigenvalue weighted by Gasteiger charge is 2.30. The molecule has 1 aliphatic rings. The number of amides is 1. The Hall–Kier alpha value is -2.41. The highest BCUT2D eigenvalue weighted by Crippen LogP contribution is 2.23. The van der Waals surface area contributed by atoms with Crippen molar-refractivity contribution in [3.8, 4) is 5.75 Å². The summed E-state index contributed by atoms with van der Waals surface area (Å²) in [5, 5.41) is 12.0. The van der Waals surface area contributed by atoms with Crippen molar-refractivity contribution in [3.05, 3.63) is 29.8 Å². The molecular formula is C18H23NO6. The van der Waals surface area contributed by atoms with Crippen molar-refractivity contribution >= 4 is 17.7 Å². The first-order valence-electron chi connectivity index (χ1n) is 8.28. The molecule has 0 bridgehead atoms. The monoisotopic (exact) mass is 349 g/mol. The molecule has 0 saturated carbocycles. The number of hydrogen-bond acceptors (Lipinski definition) is 5. The molecule has 1 unspecified atom stereocenters. The number of rotatable bonds is 8. The lowest BCUT2D eigenvalue weighted by atomic mass is 9.86. The molecule has 0 aliphatic carbocycles. The van der Waals surface area contributed by atoms with Gasteiger partial charge in [0, 0.05) is 25.3 Å². The average molecular weight is 349 g/mol. The molecule has 7 heteroatoms. The van der Waals surface area contributed by atoms with Crippen LogP contribution in [0.15, 0.2) is 24.3 Å². The number of carbonyl (C=O) groups excluding carboxylic acids is 2. The molecule has 0 radical (unpaired) electrons. The van der Waals surface area contributed by atoms with Gasteiger partial charge in [-0.2, -0.15) is 0 Å². The SMILES string of the molecule is CC(=O)c1cccc(OCC(=O)NCC(C(=O)O)C2CCOCC2)c1. The second-order valence-corrected chi connectivity index (χ2v) is 6.07. The zero-order chi connectivity index (χ0) is 18.2. The van der Waals surface area contributed by atoms with Gasteiger partial charge in [0.05, 0.1) is 5.92 Å². The van der Waals surface area contributed by atoms with Gasteiger partial charge in [-0.25, -0.2) is 0 Å². The Kier molecular flexibility index (Phi) is 6.94. The quantitative estimate of drug-likeness (QED) is 0.690. The number of Topliss-reactive ketones (excluding diaryl/α,β-unsaturated/α-hetero) is 1. The summed E-state index contributed by atoms with van der Waals surface area (Å²) in [5.74, 6) is -1.61. The summed E-state index contributed by atoms with van der Waals surface area (Å²) in [4.78, 5) is 34.7. The van der Waals surface area contributed by atoms with E-state index < -0.39 is 17.8 Å². The lowest BCUT2D eigenvalue weighted by Crippen LogP contribution is -2.40. The van der Waals surface area contributed by atoms with Gasteiger partial charge in [0.2, 0.25) is 0 Å². The second kappa shape index (κ2) is 9.17. The lowest BCUT2D eigenvalue weighted by molar-refractivity contribution is -0.145. The molecule has 2 N–H and O–H groups in total. The molecule has 25 heavy (non-hydrogen) atoms. The summed E-state index contributed by atoms with van der Waals surface area (Å²) in [6, 6.07) is 6.57. The van der Waals surface area contributed by atoms with E-state index >= 15 is 0 Å². The topological polar surface area (TPSA) is 102 Å². The van der Waals surface area contributed by atoms with Gasteiger partial charge in [-0.1, -0.05) is 12.1 Å². The number of carbonyl (C=O) groups is 3. The Morgan fingerprint density at radius 3 is 2.68 bits per heavy atom. The van der Waals surface area contributed by atoms with Gasteiger partial charge in [0.15, 0.2) is 12.4 Å². The molecule has 1 saturated heterocycles. The molecule has 1 aromatic rings. The summed E-state index contributed by atoms with van der Waals surface area (Å²) >= 11 is 0. The van der Waals surface area contributed by atoms with Crippen LogP contribution in [0.5, 0.6) is 5.75 Å². The number of benzene rings is 1. The summed E-state index contributed by atoms with van der Waals surface area (Å²) in [5.41, 5.74) is 0.503. The van der Waals surface area contributed by atoms with Crippen molar-refractivity contribution < 1.29 is 29.0 Å². The predicted octanol–water partition coefficient (Wildman–Crippen LogP) is 1.51. The summed E-state index contributed by atoms with van der Waals surface area (Å²) in [6.07, 6.45) is 1.36. The van der Waals surface area contributed by atoms with Gasteiger partial charge in [0.1, 0.15) is 5.75 Å². The molecular weight excluding hydrogens is 326 g/mol. The van der Waals surface area contributed by atoms with E-state index in [1.165, 1.54) is 6.92 Å². The third-order valence-electron chi connectivity index (χ3n) is 4.28. The fourth-order valence-corrected chi connectivity index (χ4v) is 2.80. The fourth-order valence-electron chi connectivity index (χ4n) is 2.80. The normalized spacial score (nSPS) is 16.0. The fraction of sp³-hybridized carbons (Fsp3) is 0.500. The zero-order valence-corrected chi connectivity index (χ0v) is 14.2. The number of carboxylic acid groups (broad SMARTS) is 1. The van der Waals surface area contributed by atoms with Gasteiger partial charge in [-0.05, 0) is 37.8 Å². The first kappa shape index (κ1) is 18.9. The van der Waals surface area contributed by atoms with Crippen LogP contribution in [-0.4, -0.2) is 49.1 Å². The van der Waals surface area contributed by atoms with Crippen molar-refractivity contribution in [2.45, 2.75) is 19.8 Å². The smallest absolute Gasteiger partial charge is 0.308 e. The molecule has 0 aromatic heterocycles. The van der Waals surface area contributed by atoms with E-state index in [4.69, 9.17) is 9.47 Å². The van der Waals surface area contributed by atoms with E-state index in [1.807, 2.05) is 0 Å². The number of aliphatic carboxylic acids is 1. The number of carboxylic acids is 1. The minimum Gasteiger partial charge on any atom is -0.484 e. The van der Waals surface area contributed by atoms with Crippen LogP contribution in [0.3, 0.4) is 0 Å². The maximum absolute atomic E-state index is 11.9. The first-order valence-corrected chi connectivity index (χ1v) is 8.28. The van der Waals surface area contributed by atoms with Crippen molar-refractivity contribution in [2.75, 3.05) is 26.4 Å². The van der Waals surface area contributed by atoms with E-state index in [2.05, 4.69) is 5.32 Å². The average Bonchev–Trinajstić information content (AvgIpc) is 2.61. The Labute approximate surface area is 146 Å². The van der Waals surface area contributed by atoms with E-state index in [-0.39, 0.29) is 24.9 Å². The molecule has 2 rings (SSSR count). The van der Waals surface area contributed by atoms with Gasteiger partial charge in [-0.15, -0.1) is 0 Å². The van der Waals surface area contributed by atoms with Crippen molar-refractivity contribution in [1.82, 2.24) is 5.32 Å².